The second kappa shape index (κ2) is 6.33. The SMILES string of the molecule is c1nc(Nc2ccc3scnc3c2)c2cc(C3CCNCC3)sc2n1. The third-order valence-corrected chi connectivity index (χ3v) is 6.70. The van der Waals surface area contributed by atoms with Crippen molar-refractivity contribution in [2.45, 2.75) is 18.8 Å². The van der Waals surface area contributed by atoms with Gasteiger partial charge in [0.15, 0.2) is 0 Å². The Bertz CT molecular complexity index is 1030. The Hall–Kier alpha value is -2.09. The summed E-state index contributed by atoms with van der Waals surface area (Å²) in [5.74, 6) is 1.51. The van der Waals surface area contributed by atoms with Gasteiger partial charge >= 0.3 is 0 Å². The van der Waals surface area contributed by atoms with Gasteiger partial charge in [-0.25, -0.2) is 15.0 Å². The van der Waals surface area contributed by atoms with Crippen molar-refractivity contribution in [2.75, 3.05) is 18.4 Å². The van der Waals surface area contributed by atoms with E-state index in [-0.39, 0.29) is 0 Å². The van der Waals surface area contributed by atoms with E-state index in [0.29, 0.717) is 5.92 Å². The standard InChI is InChI=1S/C18H17N5S2/c1-2-15-14(22-10-24-15)7-12(1)23-17-13-8-16(11-3-5-19-6-4-11)25-18(13)21-9-20-17/h1-2,7-11,19H,3-6H2,(H,20,21,23). The summed E-state index contributed by atoms with van der Waals surface area (Å²) in [6.45, 7) is 2.20. The number of anilines is 2. The van der Waals surface area contributed by atoms with E-state index in [0.717, 1.165) is 40.3 Å². The quantitative estimate of drug-likeness (QED) is 0.558. The number of thiazole rings is 1. The van der Waals surface area contributed by atoms with Gasteiger partial charge < -0.3 is 10.6 Å². The zero-order valence-corrected chi connectivity index (χ0v) is 15.2. The van der Waals surface area contributed by atoms with Gasteiger partial charge in [0.05, 0.1) is 21.1 Å². The summed E-state index contributed by atoms with van der Waals surface area (Å²) in [5.41, 5.74) is 3.90. The summed E-state index contributed by atoms with van der Waals surface area (Å²) in [6, 6.07) is 8.52. The molecule has 1 fully saturated rings. The molecule has 0 atom stereocenters. The zero-order valence-electron chi connectivity index (χ0n) is 13.5. The number of nitrogens with one attached hydrogen (secondary N) is 2. The van der Waals surface area contributed by atoms with E-state index in [2.05, 4.69) is 49.9 Å². The van der Waals surface area contributed by atoms with Crippen LogP contribution in [0.1, 0.15) is 23.6 Å². The van der Waals surface area contributed by atoms with Crippen LogP contribution in [-0.4, -0.2) is 28.0 Å². The van der Waals surface area contributed by atoms with Gasteiger partial charge in [0.2, 0.25) is 0 Å². The molecule has 3 aromatic heterocycles. The molecule has 1 aromatic carbocycles. The molecule has 7 heteroatoms. The Morgan fingerprint density at radius 2 is 2.00 bits per heavy atom. The van der Waals surface area contributed by atoms with E-state index < -0.39 is 0 Å². The fraction of sp³-hybridized carbons (Fsp3) is 0.278. The first-order valence-electron chi connectivity index (χ1n) is 8.42. The number of hydrogen-bond donors (Lipinski definition) is 2. The summed E-state index contributed by atoms with van der Waals surface area (Å²) in [7, 11) is 0. The van der Waals surface area contributed by atoms with Crippen molar-refractivity contribution in [1.29, 1.82) is 0 Å². The van der Waals surface area contributed by atoms with Gasteiger partial charge in [-0.15, -0.1) is 22.7 Å². The Labute approximate surface area is 153 Å². The Morgan fingerprint density at radius 1 is 1.08 bits per heavy atom. The van der Waals surface area contributed by atoms with Crippen LogP contribution in [0.3, 0.4) is 0 Å². The van der Waals surface area contributed by atoms with Gasteiger partial charge in [0.25, 0.3) is 0 Å². The second-order valence-electron chi connectivity index (χ2n) is 6.27. The average Bonchev–Trinajstić information content (AvgIpc) is 3.29. The molecular formula is C18H17N5S2. The van der Waals surface area contributed by atoms with Gasteiger partial charge in [-0.1, -0.05) is 0 Å². The number of nitrogens with zero attached hydrogens (tertiary/aromatic N) is 3. The van der Waals surface area contributed by atoms with Crippen molar-refractivity contribution >= 4 is 54.6 Å². The summed E-state index contributed by atoms with van der Waals surface area (Å²) in [6.07, 6.45) is 4.04. The van der Waals surface area contributed by atoms with Crippen LogP contribution in [0.2, 0.25) is 0 Å². The van der Waals surface area contributed by atoms with Crippen LogP contribution >= 0.6 is 22.7 Å². The molecule has 0 spiro atoms. The van der Waals surface area contributed by atoms with Gasteiger partial charge in [0.1, 0.15) is 17.0 Å². The number of piperidine rings is 1. The van der Waals surface area contributed by atoms with E-state index in [4.69, 9.17) is 0 Å². The number of thiophene rings is 1. The molecule has 0 unspecified atom stereocenters. The normalized spacial score (nSPS) is 15.8. The summed E-state index contributed by atoms with van der Waals surface area (Å²) >= 11 is 3.46. The molecular weight excluding hydrogens is 350 g/mol. The van der Waals surface area contributed by atoms with Gasteiger partial charge in [-0.3, -0.25) is 0 Å². The van der Waals surface area contributed by atoms with Gasteiger partial charge in [-0.2, -0.15) is 0 Å². The maximum Gasteiger partial charge on any atom is 0.142 e. The average molecular weight is 368 g/mol. The van der Waals surface area contributed by atoms with E-state index in [1.165, 1.54) is 22.4 Å². The molecule has 1 aliphatic rings. The van der Waals surface area contributed by atoms with E-state index in [9.17, 15) is 0 Å². The Kier molecular flexibility index (Phi) is 3.84. The van der Waals surface area contributed by atoms with Crippen molar-refractivity contribution in [3.8, 4) is 0 Å². The molecule has 25 heavy (non-hydrogen) atoms. The molecule has 0 bridgehead atoms. The maximum atomic E-state index is 4.48. The highest BCUT2D eigenvalue weighted by molar-refractivity contribution is 7.18. The van der Waals surface area contributed by atoms with Crippen molar-refractivity contribution in [3.05, 3.63) is 41.0 Å². The van der Waals surface area contributed by atoms with Crippen molar-refractivity contribution < 1.29 is 0 Å². The monoisotopic (exact) mass is 367 g/mol. The van der Waals surface area contributed by atoms with Crippen molar-refractivity contribution in [2.24, 2.45) is 0 Å². The summed E-state index contributed by atoms with van der Waals surface area (Å²) < 4.78 is 1.20. The lowest BCUT2D eigenvalue weighted by atomic mass is 9.96. The molecule has 1 saturated heterocycles. The molecule has 5 nitrogen and oxygen atoms in total. The predicted molar refractivity (Wildman–Crippen MR) is 105 cm³/mol. The lowest BCUT2D eigenvalue weighted by Gasteiger charge is -2.21. The van der Waals surface area contributed by atoms with Crippen LogP contribution < -0.4 is 10.6 Å². The number of rotatable bonds is 3. The highest BCUT2D eigenvalue weighted by Gasteiger charge is 2.19. The molecule has 0 aliphatic carbocycles. The Balaban J connectivity index is 1.50. The molecule has 0 amide bonds. The summed E-state index contributed by atoms with van der Waals surface area (Å²) in [4.78, 5) is 15.8. The molecule has 4 heterocycles. The van der Waals surface area contributed by atoms with E-state index in [1.54, 1.807) is 29.0 Å². The zero-order chi connectivity index (χ0) is 16.6. The van der Waals surface area contributed by atoms with Crippen LogP contribution in [-0.2, 0) is 0 Å². The first kappa shape index (κ1) is 15.2. The predicted octanol–water partition coefficient (Wildman–Crippen LogP) is 4.51. The number of benzene rings is 1. The lowest BCUT2D eigenvalue weighted by Crippen LogP contribution is -2.26. The second-order valence-corrected chi connectivity index (χ2v) is 8.22. The van der Waals surface area contributed by atoms with Crippen LogP contribution in [0.15, 0.2) is 36.1 Å². The third kappa shape index (κ3) is 2.88. The fourth-order valence-electron chi connectivity index (χ4n) is 3.35. The first-order chi connectivity index (χ1) is 12.4. The lowest BCUT2D eigenvalue weighted by molar-refractivity contribution is 0.465. The van der Waals surface area contributed by atoms with Crippen LogP contribution in [0.25, 0.3) is 20.4 Å². The third-order valence-electron chi connectivity index (χ3n) is 4.68. The molecule has 4 aromatic rings. The molecule has 5 rings (SSSR count). The van der Waals surface area contributed by atoms with Gasteiger partial charge in [-0.05, 0) is 56.1 Å². The topological polar surface area (TPSA) is 62.7 Å². The Morgan fingerprint density at radius 3 is 2.92 bits per heavy atom. The van der Waals surface area contributed by atoms with Crippen molar-refractivity contribution in [1.82, 2.24) is 20.3 Å². The minimum absolute atomic E-state index is 0.639. The first-order valence-corrected chi connectivity index (χ1v) is 10.1. The largest absolute Gasteiger partial charge is 0.340 e. The van der Waals surface area contributed by atoms with Crippen LogP contribution in [0.4, 0.5) is 11.5 Å². The number of fused-ring (bicyclic) bond motifs is 2. The fourth-order valence-corrected chi connectivity index (χ4v) is 5.18. The highest BCUT2D eigenvalue weighted by Crippen LogP contribution is 2.37. The van der Waals surface area contributed by atoms with E-state index in [1.807, 2.05) is 5.51 Å². The smallest absolute Gasteiger partial charge is 0.142 e. The minimum atomic E-state index is 0.639. The number of aromatic nitrogens is 3. The van der Waals surface area contributed by atoms with E-state index >= 15 is 0 Å². The maximum absolute atomic E-state index is 4.48. The minimum Gasteiger partial charge on any atom is -0.340 e. The molecule has 126 valence electrons. The molecule has 0 saturated carbocycles. The summed E-state index contributed by atoms with van der Waals surface area (Å²) in [5, 5.41) is 8.00. The molecule has 2 N–H and O–H groups in total. The van der Waals surface area contributed by atoms with Crippen LogP contribution in [0.5, 0.6) is 0 Å². The van der Waals surface area contributed by atoms with Crippen molar-refractivity contribution in [3.63, 3.8) is 0 Å². The molecule has 1 aliphatic heterocycles. The number of hydrogen-bond acceptors (Lipinski definition) is 7. The van der Waals surface area contributed by atoms with Gasteiger partial charge in [0, 0.05) is 10.6 Å². The highest BCUT2D eigenvalue weighted by atomic mass is 32.1. The molecule has 0 radical (unpaired) electrons. The van der Waals surface area contributed by atoms with Crippen LogP contribution in [0, 0.1) is 0 Å².